The highest BCUT2D eigenvalue weighted by Gasteiger charge is 2.19. The number of carbonyl (C=O) groups excluding carboxylic acids is 2. The Kier molecular flexibility index (Phi) is 6.88. The van der Waals surface area contributed by atoms with Crippen LogP contribution in [0.25, 0.3) is 21.3 Å². The molecule has 0 aliphatic carbocycles. The van der Waals surface area contributed by atoms with Crippen LogP contribution in [0.2, 0.25) is 0 Å². The van der Waals surface area contributed by atoms with Crippen molar-refractivity contribution < 1.29 is 28.2 Å². The molecule has 0 atom stereocenters. The summed E-state index contributed by atoms with van der Waals surface area (Å²) in [5, 5.41) is 2.50. The third-order valence-corrected chi connectivity index (χ3v) is 6.46. The maximum absolute atomic E-state index is 14.2. The second kappa shape index (κ2) is 10.0. The minimum atomic E-state index is -0.311. The normalized spacial score (nSPS) is 10.8. The molecule has 0 fully saturated rings. The highest BCUT2D eigenvalue weighted by atomic mass is 32.1. The number of halogens is 1. The predicted molar refractivity (Wildman–Crippen MR) is 129 cm³/mol. The molecule has 4 aromatic rings. The van der Waals surface area contributed by atoms with Crippen LogP contribution in [0.1, 0.15) is 33.7 Å². The van der Waals surface area contributed by atoms with E-state index < -0.39 is 0 Å². The Balaban J connectivity index is 1.56. The molecule has 6 nitrogen and oxygen atoms in total. The van der Waals surface area contributed by atoms with E-state index in [0.717, 1.165) is 0 Å². The average Bonchev–Trinajstić information content (AvgIpc) is 3.31. The number of hydrogen-bond acceptors (Lipinski definition) is 7. The summed E-state index contributed by atoms with van der Waals surface area (Å²) in [4.78, 5) is 30.1. The average molecular weight is 480 g/mol. The number of methoxy groups -OCH3 is 3. The van der Waals surface area contributed by atoms with Gasteiger partial charge in [-0.3, -0.25) is 9.59 Å². The molecule has 0 aliphatic rings. The van der Waals surface area contributed by atoms with Crippen LogP contribution in [-0.2, 0) is 0 Å². The highest BCUT2D eigenvalue weighted by molar-refractivity contribution is 7.17. The van der Waals surface area contributed by atoms with Gasteiger partial charge in [0.25, 0.3) is 0 Å². The number of hydrogen-bond donors (Lipinski definition) is 0. The SMILES string of the molecule is COc1ccc(C(=O)CCC(=O)c2ccc(OC)c(-c3csc4c(F)cccc34)n2)cc1OC. The van der Waals surface area contributed by atoms with E-state index in [2.05, 4.69) is 4.98 Å². The number of ether oxygens (including phenoxy) is 3. The van der Waals surface area contributed by atoms with Gasteiger partial charge in [-0.15, -0.1) is 11.3 Å². The maximum Gasteiger partial charge on any atom is 0.181 e. The summed E-state index contributed by atoms with van der Waals surface area (Å²) in [6, 6.07) is 13.0. The minimum absolute atomic E-state index is 0.00897. The first-order valence-electron chi connectivity index (χ1n) is 10.5. The lowest BCUT2D eigenvalue weighted by molar-refractivity contribution is 0.0915. The van der Waals surface area contributed by atoms with Crippen molar-refractivity contribution in [2.45, 2.75) is 12.8 Å². The van der Waals surface area contributed by atoms with E-state index in [1.807, 2.05) is 6.07 Å². The molecule has 8 heteroatoms. The molecule has 0 spiro atoms. The van der Waals surface area contributed by atoms with Crippen molar-refractivity contribution in [1.29, 1.82) is 0 Å². The smallest absolute Gasteiger partial charge is 0.181 e. The Hall–Kier alpha value is -3.78. The molecule has 0 unspecified atom stereocenters. The molecular weight excluding hydrogens is 457 g/mol. The molecule has 0 N–H and O–H groups in total. The standard InChI is InChI=1S/C26H22FNO5S/c1-31-22-11-7-15(13-24(22)33-3)20(29)9-10-21(30)19-8-12-23(32-2)25(28-19)17-14-34-26-16(17)5-4-6-18(26)27/h4-8,11-14H,9-10H2,1-3H3. The van der Waals surface area contributed by atoms with E-state index >= 15 is 0 Å². The summed E-state index contributed by atoms with van der Waals surface area (Å²) in [6.07, 6.45) is 0.00884. The third kappa shape index (κ3) is 4.49. The topological polar surface area (TPSA) is 74.7 Å². The zero-order valence-corrected chi connectivity index (χ0v) is 19.7. The van der Waals surface area contributed by atoms with Crippen molar-refractivity contribution in [3.05, 3.63) is 71.0 Å². The van der Waals surface area contributed by atoms with E-state index in [1.54, 1.807) is 41.8 Å². The molecule has 0 saturated carbocycles. The molecule has 2 aromatic carbocycles. The Morgan fingerprint density at radius 1 is 0.882 bits per heavy atom. The van der Waals surface area contributed by atoms with Crippen LogP contribution >= 0.6 is 11.3 Å². The third-order valence-electron chi connectivity index (χ3n) is 5.46. The second-order valence-electron chi connectivity index (χ2n) is 7.43. The summed E-state index contributed by atoms with van der Waals surface area (Å²) in [7, 11) is 4.52. The van der Waals surface area contributed by atoms with Crippen LogP contribution in [0.3, 0.4) is 0 Å². The highest BCUT2D eigenvalue weighted by Crippen LogP contribution is 2.38. The lowest BCUT2D eigenvalue weighted by atomic mass is 10.0. The number of nitrogens with zero attached hydrogens (tertiary/aromatic N) is 1. The van der Waals surface area contributed by atoms with Gasteiger partial charge in [-0.25, -0.2) is 9.37 Å². The number of benzene rings is 2. The number of aromatic nitrogens is 1. The van der Waals surface area contributed by atoms with E-state index in [-0.39, 0.29) is 35.9 Å². The number of rotatable bonds is 9. The quantitative estimate of drug-likeness (QED) is 0.275. The van der Waals surface area contributed by atoms with Crippen LogP contribution in [-0.4, -0.2) is 37.9 Å². The van der Waals surface area contributed by atoms with Gasteiger partial charge in [0.1, 0.15) is 23.0 Å². The van der Waals surface area contributed by atoms with Crippen molar-refractivity contribution >= 4 is 33.0 Å². The molecule has 2 aromatic heterocycles. The summed E-state index contributed by atoms with van der Waals surface area (Å²) in [6.45, 7) is 0. The van der Waals surface area contributed by atoms with Gasteiger partial charge in [-0.1, -0.05) is 12.1 Å². The van der Waals surface area contributed by atoms with Crippen LogP contribution in [0.15, 0.2) is 53.9 Å². The molecular formula is C26H22FNO5S. The van der Waals surface area contributed by atoms with Crippen LogP contribution in [0.5, 0.6) is 17.2 Å². The van der Waals surface area contributed by atoms with Gasteiger partial charge in [0.15, 0.2) is 23.1 Å². The molecule has 2 heterocycles. The molecule has 34 heavy (non-hydrogen) atoms. The lowest BCUT2D eigenvalue weighted by Crippen LogP contribution is -2.08. The van der Waals surface area contributed by atoms with Gasteiger partial charge in [0, 0.05) is 34.7 Å². The first-order valence-corrected chi connectivity index (χ1v) is 11.3. The summed E-state index contributed by atoms with van der Waals surface area (Å²) in [5.41, 5.74) is 1.79. The van der Waals surface area contributed by atoms with Crippen LogP contribution < -0.4 is 14.2 Å². The van der Waals surface area contributed by atoms with Crippen molar-refractivity contribution in [2.75, 3.05) is 21.3 Å². The van der Waals surface area contributed by atoms with Crippen molar-refractivity contribution in [1.82, 2.24) is 4.98 Å². The fourth-order valence-electron chi connectivity index (χ4n) is 3.67. The number of thiophene rings is 1. The number of ketones is 2. The fourth-order valence-corrected chi connectivity index (χ4v) is 4.63. The Morgan fingerprint density at radius 3 is 2.32 bits per heavy atom. The van der Waals surface area contributed by atoms with Gasteiger partial charge >= 0.3 is 0 Å². The first kappa shape index (κ1) is 23.4. The van der Waals surface area contributed by atoms with Gasteiger partial charge in [-0.05, 0) is 36.4 Å². The summed E-state index contributed by atoms with van der Waals surface area (Å²) < 4.78 is 30.6. The van der Waals surface area contributed by atoms with Gasteiger partial charge < -0.3 is 14.2 Å². The molecule has 0 amide bonds. The number of Topliss-reactive ketones (excluding diaryl/α,β-unsaturated/α-hetero) is 2. The largest absolute Gasteiger partial charge is 0.494 e. The molecule has 0 bridgehead atoms. The fraction of sp³-hybridized carbons (Fsp3) is 0.192. The molecule has 4 rings (SSSR count). The van der Waals surface area contributed by atoms with E-state index in [1.165, 1.54) is 38.7 Å². The molecule has 0 aliphatic heterocycles. The molecule has 0 radical (unpaired) electrons. The molecule has 0 saturated heterocycles. The predicted octanol–water partition coefficient (Wildman–Crippen LogP) is 5.97. The Labute approximate surface area is 199 Å². The van der Waals surface area contributed by atoms with Crippen LogP contribution in [0, 0.1) is 5.82 Å². The van der Waals surface area contributed by atoms with E-state index in [4.69, 9.17) is 14.2 Å². The number of pyridine rings is 1. The summed E-state index contributed by atoms with van der Waals surface area (Å²) in [5.74, 6) is 0.660. The van der Waals surface area contributed by atoms with Crippen molar-refractivity contribution in [3.8, 4) is 28.5 Å². The number of fused-ring (bicyclic) bond motifs is 1. The lowest BCUT2D eigenvalue weighted by Gasteiger charge is -2.10. The Morgan fingerprint density at radius 2 is 1.59 bits per heavy atom. The van der Waals surface area contributed by atoms with Crippen molar-refractivity contribution in [3.63, 3.8) is 0 Å². The second-order valence-corrected chi connectivity index (χ2v) is 8.31. The van der Waals surface area contributed by atoms with E-state index in [0.29, 0.717) is 44.2 Å². The zero-order valence-electron chi connectivity index (χ0n) is 18.9. The number of carbonyl (C=O) groups is 2. The minimum Gasteiger partial charge on any atom is -0.494 e. The van der Waals surface area contributed by atoms with Gasteiger partial charge in [0.05, 0.1) is 26.0 Å². The van der Waals surface area contributed by atoms with Gasteiger partial charge in [0.2, 0.25) is 0 Å². The zero-order chi connectivity index (χ0) is 24.2. The first-order chi connectivity index (χ1) is 16.5. The van der Waals surface area contributed by atoms with Crippen LogP contribution in [0.4, 0.5) is 4.39 Å². The molecule has 174 valence electrons. The van der Waals surface area contributed by atoms with E-state index in [9.17, 15) is 14.0 Å². The summed E-state index contributed by atoms with van der Waals surface area (Å²) >= 11 is 1.27. The monoisotopic (exact) mass is 479 g/mol. The van der Waals surface area contributed by atoms with Gasteiger partial charge in [-0.2, -0.15) is 0 Å². The maximum atomic E-state index is 14.2. The Bertz CT molecular complexity index is 1380. The van der Waals surface area contributed by atoms with Crippen molar-refractivity contribution in [2.24, 2.45) is 0 Å².